The first-order valence-corrected chi connectivity index (χ1v) is 5.68. The van der Waals surface area contributed by atoms with Crippen LogP contribution in [0.25, 0.3) is 0 Å². The normalized spacial score (nSPS) is 10.1. The summed E-state index contributed by atoms with van der Waals surface area (Å²) in [5, 5.41) is 2.57. The van der Waals surface area contributed by atoms with E-state index in [2.05, 4.69) is 10.3 Å². The Morgan fingerprint density at radius 2 is 2.26 bits per heavy atom. The molecule has 0 fully saturated rings. The largest absolute Gasteiger partial charge is 0.383 e. The van der Waals surface area contributed by atoms with Gasteiger partial charge in [-0.1, -0.05) is 0 Å². The summed E-state index contributed by atoms with van der Waals surface area (Å²) in [7, 11) is 2.94. The van der Waals surface area contributed by atoms with Gasteiger partial charge in [0.2, 0.25) is 11.9 Å². The van der Waals surface area contributed by atoms with Crippen molar-refractivity contribution in [3.05, 3.63) is 29.8 Å². The van der Waals surface area contributed by atoms with Crippen molar-refractivity contribution in [3.8, 4) is 0 Å². The molecule has 1 heterocycles. The van der Waals surface area contributed by atoms with Crippen LogP contribution in [0.1, 0.15) is 10.4 Å². The third-order valence-corrected chi connectivity index (χ3v) is 2.35. The standard InChI is InChI=1S/C12H16FN3O3/c1-16(8-10(17)14-6-7-19-2)12(18)9-4-3-5-15-11(9)13/h3-5H,6-8H2,1-2H3,(H,14,17). The predicted molar refractivity (Wildman–Crippen MR) is 66.0 cm³/mol. The smallest absolute Gasteiger partial charge is 0.258 e. The molecule has 1 rings (SSSR count). The van der Waals surface area contributed by atoms with Crippen LogP contribution < -0.4 is 5.32 Å². The highest BCUT2D eigenvalue weighted by Crippen LogP contribution is 2.06. The first-order chi connectivity index (χ1) is 9.06. The van der Waals surface area contributed by atoms with E-state index in [0.29, 0.717) is 13.2 Å². The minimum atomic E-state index is -0.848. The molecule has 19 heavy (non-hydrogen) atoms. The maximum atomic E-state index is 13.3. The third kappa shape index (κ3) is 4.63. The van der Waals surface area contributed by atoms with Crippen molar-refractivity contribution < 1.29 is 18.7 Å². The van der Waals surface area contributed by atoms with Crippen LogP contribution in [0.3, 0.4) is 0 Å². The molecule has 0 aliphatic rings. The minimum Gasteiger partial charge on any atom is -0.383 e. The first kappa shape index (κ1) is 15.0. The van der Waals surface area contributed by atoms with Crippen molar-refractivity contribution in [2.24, 2.45) is 0 Å². The fraction of sp³-hybridized carbons (Fsp3) is 0.417. The zero-order valence-electron chi connectivity index (χ0n) is 10.9. The van der Waals surface area contributed by atoms with E-state index < -0.39 is 11.9 Å². The van der Waals surface area contributed by atoms with E-state index in [4.69, 9.17) is 4.74 Å². The Bertz CT molecular complexity index is 454. The number of ether oxygens (including phenoxy) is 1. The van der Waals surface area contributed by atoms with Crippen LogP contribution in [0.2, 0.25) is 0 Å². The molecule has 0 aliphatic carbocycles. The molecule has 0 aliphatic heterocycles. The minimum absolute atomic E-state index is 0.156. The number of carbonyl (C=O) groups is 2. The highest BCUT2D eigenvalue weighted by Gasteiger charge is 2.18. The Labute approximate surface area is 110 Å². The molecule has 0 saturated carbocycles. The van der Waals surface area contributed by atoms with Crippen LogP contribution in [-0.2, 0) is 9.53 Å². The van der Waals surface area contributed by atoms with Gasteiger partial charge in [-0.15, -0.1) is 0 Å². The summed E-state index contributed by atoms with van der Waals surface area (Å²) in [6.45, 7) is 0.593. The molecule has 0 saturated heterocycles. The average Bonchev–Trinajstić information content (AvgIpc) is 2.38. The first-order valence-electron chi connectivity index (χ1n) is 5.68. The van der Waals surface area contributed by atoms with Gasteiger partial charge in [0.25, 0.3) is 5.91 Å². The fourth-order valence-electron chi connectivity index (χ4n) is 1.39. The predicted octanol–water partition coefficient (Wildman–Crippen LogP) is 0.0553. The maximum Gasteiger partial charge on any atom is 0.258 e. The molecule has 0 bridgehead atoms. The summed E-state index contributed by atoms with van der Waals surface area (Å²) >= 11 is 0. The molecule has 0 unspecified atom stereocenters. The zero-order valence-corrected chi connectivity index (χ0v) is 10.9. The second kappa shape index (κ2) is 7.42. The van der Waals surface area contributed by atoms with E-state index in [0.717, 1.165) is 4.90 Å². The van der Waals surface area contributed by atoms with Gasteiger partial charge in [0.15, 0.2) is 0 Å². The molecular formula is C12H16FN3O3. The van der Waals surface area contributed by atoms with Crippen molar-refractivity contribution in [3.63, 3.8) is 0 Å². The number of carbonyl (C=O) groups excluding carboxylic acids is 2. The summed E-state index contributed by atoms with van der Waals surface area (Å²) in [4.78, 5) is 27.9. The third-order valence-electron chi connectivity index (χ3n) is 2.35. The SMILES string of the molecule is COCCNC(=O)CN(C)C(=O)c1cccnc1F. The molecule has 1 N–H and O–H groups in total. The van der Waals surface area contributed by atoms with E-state index in [1.165, 1.54) is 32.5 Å². The topological polar surface area (TPSA) is 71.5 Å². The summed E-state index contributed by atoms with van der Waals surface area (Å²) in [5.41, 5.74) is -0.158. The van der Waals surface area contributed by atoms with E-state index in [1.807, 2.05) is 0 Å². The molecule has 0 radical (unpaired) electrons. The second-order valence-electron chi connectivity index (χ2n) is 3.85. The lowest BCUT2D eigenvalue weighted by atomic mass is 10.2. The number of likely N-dealkylation sites (N-methyl/N-ethyl adjacent to an activating group) is 1. The maximum absolute atomic E-state index is 13.3. The Morgan fingerprint density at radius 1 is 1.53 bits per heavy atom. The molecule has 2 amide bonds. The van der Waals surface area contributed by atoms with Crippen LogP contribution in [0, 0.1) is 5.95 Å². The molecule has 104 valence electrons. The van der Waals surface area contributed by atoms with Gasteiger partial charge in [-0.3, -0.25) is 9.59 Å². The average molecular weight is 269 g/mol. The molecule has 6 nitrogen and oxygen atoms in total. The highest BCUT2D eigenvalue weighted by molar-refractivity contribution is 5.96. The highest BCUT2D eigenvalue weighted by atomic mass is 19.1. The second-order valence-corrected chi connectivity index (χ2v) is 3.85. The summed E-state index contributed by atoms with van der Waals surface area (Å²) in [5.74, 6) is -1.77. The zero-order chi connectivity index (χ0) is 14.3. The van der Waals surface area contributed by atoms with Crippen molar-refractivity contribution >= 4 is 11.8 Å². The number of rotatable bonds is 6. The lowest BCUT2D eigenvalue weighted by Gasteiger charge is -2.16. The number of pyridine rings is 1. The van der Waals surface area contributed by atoms with Crippen molar-refractivity contribution in [2.75, 3.05) is 33.9 Å². The molecule has 0 spiro atoms. The number of halogens is 1. The summed E-state index contributed by atoms with van der Waals surface area (Å²) in [6, 6.07) is 2.78. The van der Waals surface area contributed by atoms with Crippen molar-refractivity contribution in [2.45, 2.75) is 0 Å². The van der Waals surface area contributed by atoms with Crippen molar-refractivity contribution in [1.29, 1.82) is 0 Å². The number of hydrogen-bond acceptors (Lipinski definition) is 4. The number of methoxy groups -OCH3 is 1. The van der Waals surface area contributed by atoms with E-state index in [-0.39, 0.29) is 18.0 Å². The van der Waals surface area contributed by atoms with Gasteiger partial charge in [-0.05, 0) is 12.1 Å². The van der Waals surface area contributed by atoms with Crippen LogP contribution >= 0.6 is 0 Å². The molecule has 0 atom stereocenters. The monoisotopic (exact) mass is 269 g/mol. The van der Waals surface area contributed by atoms with Gasteiger partial charge < -0.3 is 15.0 Å². The number of hydrogen-bond donors (Lipinski definition) is 1. The van der Waals surface area contributed by atoms with Gasteiger partial charge >= 0.3 is 0 Å². The van der Waals surface area contributed by atoms with Gasteiger partial charge in [0, 0.05) is 26.9 Å². The van der Waals surface area contributed by atoms with E-state index in [9.17, 15) is 14.0 Å². The Balaban J connectivity index is 2.54. The Morgan fingerprint density at radius 3 is 2.89 bits per heavy atom. The number of amides is 2. The lowest BCUT2D eigenvalue weighted by molar-refractivity contribution is -0.121. The molecular weight excluding hydrogens is 253 g/mol. The number of nitrogens with one attached hydrogen (secondary N) is 1. The summed E-state index contributed by atoms with van der Waals surface area (Å²) in [6.07, 6.45) is 1.25. The quantitative estimate of drug-likeness (QED) is 0.585. The van der Waals surface area contributed by atoms with Crippen LogP contribution in [0.4, 0.5) is 4.39 Å². The van der Waals surface area contributed by atoms with Gasteiger partial charge in [-0.2, -0.15) is 4.39 Å². The molecule has 1 aromatic rings. The summed E-state index contributed by atoms with van der Waals surface area (Å²) < 4.78 is 18.1. The van der Waals surface area contributed by atoms with Gasteiger partial charge in [-0.25, -0.2) is 4.98 Å². The number of nitrogens with zero attached hydrogens (tertiary/aromatic N) is 2. The van der Waals surface area contributed by atoms with Crippen molar-refractivity contribution in [1.82, 2.24) is 15.2 Å². The van der Waals surface area contributed by atoms with Crippen LogP contribution in [0.15, 0.2) is 18.3 Å². The van der Waals surface area contributed by atoms with Crippen LogP contribution in [0.5, 0.6) is 0 Å². The number of aromatic nitrogens is 1. The fourth-order valence-corrected chi connectivity index (χ4v) is 1.39. The van der Waals surface area contributed by atoms with Gasteiger partial charge in [0.05, 0.1) is 18.7 Å². The molecule has 7 heteroatoms. The lowest BCUT2D eigenvalue weighted by Crippen LogP contribution is -2.39. The van der Waals surface area contributed by atoms with E-state index >= 15 is 0 Å². The Kier molecular flexibility index (Phi) is 5.87. The van der Waals surface area contributed by atoms with Crippen LogP contribution in [-0.4, -0.2) is 55.6 Å². The Hall–Kier alpha value is -2.02. The van der Waals surface area contributed by atoms with Gasteiger partial charge in [0.1, 0.15) is 0 Å². The molecule has 0 aromatic carbocycles. The van der Waals surface area contributed by atoms with E-state index in [1.54, 1.807) is 0 Å². The molecule has 1 aromatic heterocycles.